The van der Waals surface area contributed by atoms with Crippen LogP contribution in [0.1, 0.15) is 16.5 Å². The van der Waals surface area contributed by atoms with Crippen LogP contribution in [-0.4, -0.2) is 26.4 Å². The molecule has 0 aliphatic heterocycles. The van der Waals surface area contributed by atoms with Crippen LogP contribution in [0.5, 0.6) is 0 Å². The second-order valence-electron chi connectivity index (χ2n) is 4.78. The Hall–Kier alpha value is -1.90. The van der Waals surface area contributed by atoms with E-state index in [0.29, 0.717) is 24.1 Å². The van der Waals surface area contributed by atoms with Crippen molar-refractivity contribution in [2.24, 2.45) is 0 Å². The summed E-state index contributed by atoms with van der Waals surface area (Å²) in [6, 6.07) is 9.50. The Kier molecular flexibility index (Phi) is 5.27. The van der Waals surface area contributed by atoms with Crippen molar-refractivity contribution in [3.05, 3.63) is 52.2 Å². The van der Waals surface area contributed by atoms with Gasteiger partial charge in [0.15, 0.2) is 5.82 Å². The largest absolute Gasteiger partial charge is 0.378 e. The van der Waals surface area contributed by atoms with Crippen molar-refractivity contribution in [1.82, 2.24) is 15.1 Å². The van der Waals surface area contributed by atoms with Crippen molar-refractivity contribution in [2.75, 3.05) is 7.11 Å². The van der Waals surface area contributed by atoms with E-state index >= 15 is 0 Å². The second-order valence-corrected chi connectivity index (χ2v) is 7.18. The number of rotatable bonds is 7. The number of thiazole rings is 1. The van der Waals surface area contributed by atoms with Gasteiger partial charge in [-0.05, 0) is 12.1 Å². The van der Waals surface area contributed by atoms with Crippen molar-refractivity contribution < 1.29 is 13.5 Å². The summed E-state index contributed by atoms with van der Waals surface area (Å²) in [5.74, 6) is 1.49. The number of methoxy groups -OCH3 is 1. The van der Waals surface area contributed by atoms with Crippen molar-refractivity contribution in [2.45, 2.75) is 18.1 Å². The molecule has 23 heavy (non-hydrogen) atoms. The van der Waals surface area contributed by atoms with Gasteiger partial charge in [-0.3, -0.25) is 4.21 Å². The molecular formula is C15H15N3O3S2. The van der Waals surface area contributed by atoms with E-state index in [1.54, 1.807) is 7.11 Å². The molecule has 1 aromatic carbocycles. The van der Waals surface area contributed by atoms with Crippen molar-refractivity contribution in [1.29, 1.82) is 0 Å². The maximum atomic E-state index is 12.2. The molecule has 0 fully saturated rings. The van der Waals surface area contributed by atoms with Gasteiger partial charge < -0.3 is 9.26 Å². The predicted octanol–water partition coefficient (Wildman–Crippen LogP) is 2.79. The van der Waals surface area contributed by atoms with Gasteiger partial charge >= 0.3 is 0 Å². The molecule has 3 aromatic rings. The van der Waals surface area contributed by atoms with E-state index in [0.717, 1.165) is 16.3 Å². The maximum Gasteiger partial charge on any atom is 0.257 e. The van der Waals surface area contributed by atoms with E-state index in [1.807, 2.05) is 35.7 Å². The maximum absolute atomic E-state index is 12.2. The van der Waals surface area contributed by atoms with Gasteiger partial charge in [0.25, 0.3) is 5.89 Å². The summed E-state index contributed by atoms with van der Waals surface area (Å²) in [7, 11) is 0.488. The van der Waals surface area contributed by atoms with Gasteiger partial charge in [0.05, 0.1) is 23.8 Å². The molecule has 0 saturated heterocycles. The van der Waals surface area contributed by atoms with Crippen LogP contribution in [0, 0.1) is 0 Å². The van der Waals surface area contributed by atoms with Gasteiger partial charge in [-0.1, -0.05) is 23.4 Å². The molecule has 2 aromatic heterocycles. The van der Waals surface area contributed by atoms with E-state index in [2.05, 4.69) is 15.1 Å². The van der Waals surface area contributed by atoms with Crippen LogP contribution in [0.2, 0.25) is 0 Å². The Bertz CT molecular complexity index is 786. The normalized spacial score (nSPS) is 12.4. The number of benzene rings is 1. The number of aromatic nitrogens is 3. The Labute approximate surface area is 140 Å². The molecule has 0 spiro atoms. The fourth-order valence-corrected chi connectivity index (χ4v) is 3.83. The van der Waals surface area contributed by atoms with Crippen LogP contribution in [0.15, 0.2) is 40.2 Å². The third-order valence-electron chi connectivity index (χ3n) is 2.95. The number of nitrogens with zero attached hydrogens (tertiary/aromatic N) is 3. The van der Waals surface area contributed by atoms with Gasteiger partial charge in [-0.15, -0.1) is 11.3 Å². The molecule has 6 nitrogen and oxygen atoms in total. The molecule has 0 aliphatic rings. The average Bonchev–Trinajstić information content (AvgIpc) is 3.18. The Balaban J connectivity index is 1.60. The zero-order valence-corrected chi connectivity index (χ0v) is 14.1. The summed E-state index contributed by atoms with van der Waals surface area (Å²) in [5, 5.41) is 6.67. The minimum absolute atomic E-state index is 0.244. The monoisotopic (exact) mass is 349 g/mol. The van der Waals surface area contributed by atoms with Gasteiger partial charge in [0.2, 0.25) is 0 Å². The smallest absolute Gasteiger partial charge is 0.257 e. The lowest BCUT2D eigenvalue weighted by atomic mass is 10.2. The van der Waals surface area contributed by atoms with E-state index in [1.165, 1.54) is 11.3 Å². The third kappa shape index (κ3) is 4.31. The molecule has 0 radical (unpaired) electrons. The molecule has 1 atom stereocenters. The van der Waals surface area contributed by atoms with E-state index in [4.69, 9.17) is 9.26 Å². The highest BCUT2D eigenvalue weighted by Crippen LogP contribution is 2.17. The molecule has 2 heterocycles. The first-order valence-corrected chi connectivity index (χ1v) is 9.26. The fourth-order valence-electron chi connectivity index (χ4n) is 1.98. The average molecular weight is 349 g/mol. The molecule has 8 heteroatoms. The number of hydrogen-bond donors (Lipinski definition) is 0. The number of hydrogen-bond acceptors (Lipinski definition) is 7. The first-order chi connectivity index (χ1) is 11.2. The van der Waals surface area contributed by atoms with Crippen LogP contribution < -0.4 is 0 Å². The quantitative estimate of drug-likeness (QED) is 0.653. The predicted molar refractivity (Wildman–Crippen MR) is 88.1 cm³/mol. The minimum Gasteiger partial charge on any atom is -0.378 e. The van der Waals surface area contributed by atoms with Gasteiger partial charge in [-0.2, -0.15) is 4.98 Å². The van der Waals surface area contributed by atoms with Crippen molar-refractivity contribution >= 4 is 22.1 Å². The molecule has 0 saturated carbocycles. The topological polar surface area (TPSA) is 78.1 Å². The third-order valence-corrected chi connectivity index (χ3v) is 5.02. The van der Waals surface area contributed by atoms with Crippen LogP contribution in [0.3, 0.4) is 0 Å². The molecule has 0 amide bonds. The summed E-state index contributed by atoms with van der Waals surface area (Å²) in [5.41, 5.74) is 1.65. The summed E-state index contributed by atoms with van der Waals surface area (Å²) in [6.07, 6.45) is 0. The Morgan fingerprint density at radius 2 is 2.04 bits per heavy atom. The first-order valence-electron chi connectivity index (χ1n) is 6.90. The van der Waals surface area contributed by atoms with Crippen molar-refractivity contribution in [3.8, 4) is 11.5 Å². The fraction of sp³-hybridized carbons (Fsp3) is 0.267. The highest BCUT2D eigenvalue weighted by molar-refractivity contribution is 7.83. The highest BCUT2D eigenvalue weighted by atomic mass is 32.2. The van der Waals surface area contributed by atoms with Gasteiger partial charge in [0.1, 0.15) is 5.01 Å². The number of ether oxygens (including phenoxy) is 1. The summed E-state index contributed by atoms with van der Waals surface area (Å²) in [6.45, 7) is 0.475. The molecule has 0 N–H and O–H groups in total. The standard InChI is InChI=1S/C15H15N3O3S2/c1-20-7-14-16-12(8-22-14)9-23(19)10-13-17-15(21-18-13)11-5-3-2-4-6-11/h2-6,8H,7,9-10H2,1H3. The lowest BCUT2D eigenvalue weighted by Gasteiger charge is -1.96. The molecule has 3 rings (SSSR count). The SMILES string of the molecule is COCc1nc(CS(=O)Cc2noc(-c3ccccc3)n2)cs1. The van der Waals surface area contributed by atoms with Crippen LogP contribution >= 0.6 is 11.3 Å². The second kappa shape index (κ2) is 7.58. The van der Waals surface area contributed by atoms with E-state index < -0.39 is 10.8 Å². The summed E-state index contributed by atoms with van der Waals surface area (Å²) >= 11 is 1.50. The summed E-state index contributed by atoms with van der Waals surface area (Å²) < 4.78 is 22.5. The molecule has 120 valence electrons. The molecule has 1 unspecified atom stereocenters. The van der Waals surface area contributed by atoms with Gasteiger partial charge in [-0.25, -0.2) is 4.98 Å². The van der Waals surface area contributed by atoms with Crippen LogP contribution in [0.25, 0.3) is 11.5 Å². The van der Waals surface area contributed by atoms with E-state index in [-0.39, 0.29) is 5.75 Å². The molecule has 0 aliphatic carbocycles. The zero-order chi connectivity index (χ0) is 16.1. The van der Waals surface area contributed by atoms with Crippen molar-refractivity contribution in [3.63, 3.8) is 0 Å². The lowest BCUT2D eigenvalue weighted by Crippen LogP contribution is -2.01. The molecular weight excluding hydrogens is 334 g/mol. The van der Waals surface area contributed by atoms with Gasteiger partial charge in [0, 0.05) is 28.9 Å². The van der Waals surface area contributed by atoms with E-state index in [9.17, 15) is 4.21 Å². The first kappa shape index (κ1) is 16.0. The summed E-state index contributed by atoms with van der Waals surface area (Å²) in [4.78, 5) is 8.66. The molecule has 0 bridgehead atoms. The van der Waals surface area contributed by atoms with Crippen LogP contribution in [-0.2, 0) is 33.6 Å². The highest BCUT2D eigenvalue weighted by Gasteiger charge is 2.13. The Morgan fingerprint density at radius 1 is 1.22 bits per heavy atom. The lowest BCUT2D eigenvalue weighted by molar-refractivity contribution is 0.184. The minimum atomic E-state index is -1.14. The zero-order valence-electron chi connectivity index (χ0n) is 12.5. The van der Waals surface area contributed by atoms with Crippen LogP contribution in [0.4, 0.5) is 0 Å². The Morgan fingerprint density at radius 3 is 2.83 bits per heavy atom.